The lowest BCUT2D eigenvalue weighted by Crippen LogP contribution is -2.09. The summed E-state index contributed by atoms with van der Waals surface area (Å²) in [5.41, 5.74) is 0. The van der Waals surface area contributed by atoms with Gasteiger partial charge in [0.15, 0.2) is 5.40 Å². The van der Waals surface area contributed by atoms with Crippen molar-refractivity contribution in [3.63, 3.8) is 0 Å². The molecule has 0 aliphatic rings. The largest absolute Gasteiger partial charge is 0.340 e. The Morgan fingerprint density at radius 2 is 0.955 bits per heavy atom. The highest BCUT2D eigenvalue weighted by Crippen LogP contribution is 2.61. The topological polar surface area (TPSA) is 115 Å². The molecule has 0 aromatic rings. The minimum Gasteiger partial charge on any atom is -0.324 e. The maximum absolute atomic E-state index is 11.1. The van der Waals surface area contributed by atoms with E-state index >= 15 is 0 Å². The Morgan fingerprint density at radius 3 is 1.27 bits per heavy atom. The summed E-state index contributed by atoms with van der Waals surface area (Å²) in [6.07, 6.45) is 11.9. The van der Waals surface area contributed by atoms with E-state index in [1.54, 1.807) is 0 Å². The molecule has 0 unspecified atom stereocenters. The van der Waals surface area contributed by atoms with Crippen LogP contribution >= 0.6 is 15.2 Å². The van der Waals surface area contributed by atoms with E-state index < -0.39 is 20.6 Å². The van der Waals surface area contributed by atoms with Crippen LogP contribution in [-0.2, 0) is 9.13 Å². The van der Waals surface area contributed by atoms with Crippen LogP contribution in [0.15, 0.2) is 0 Å². The zero-order chi connectivity index (χ0) is 17.1. The first kappa shape index (κ1) is 22.3. The summed E-state index contributed by atoms with van der Waals surface area (Å²) in [6.45, 7) is 2.20. The molecule has 0 aliphatic heterocycles. The van der Waals surface area contributed by atoms with Crippen LogP contribution in [0.25, 0.3) is 0 Å². The first-order valence-electron chi connectivity index (χ1n) is 8.30. The Kier molecular flexibility index (Phi) is 11.9. The average molecular weight is 358 g/mol. The molecule has 4 N–H and O–H groups in total. The second-order valence-electron chi connectivity index (χ2n) is 5.98. The molecule has 0 aliphatic carbocycles. The van der Waals surface area contributed by atoms with Gasteiger partial charge in [0.2, 0.25) is 0 Å². The molecule has 0 rings (SSSR count). The Hall–Kier alpha value is 0.300. The Labute approximate surface area is 134 Å². The SMILES string of the molecule is CCCCCCCCCCCCCC(P(=O)(O)O)P(=O)(O)O. The van der Waals surface area contributed by atoms with Gasteiger partial charge in [-0.1, -0.05) is 77.6 Å². The van der Waals surface area contributed by atoms with Crippen LogP contribution in [0.4, 0.5) is 0 Å². The summed E-state index contributed by atoms with van der Waals surface area (Å²) in [5.74, 6) is 0. The van der Waals surface area contributed by atoms with Gasteiger partial charge in [-0.15, -0.1) is 0 Å². The van der Waals surface area contributed by atoms with Gasteiger partial charge in [-0.3, -0.25) is 9.13 Å². The van der Waals surface area contributed by atoms with Gasteiger partial charge >= 0.3 is 15.2 Å². The predicted molar refractivity (Wildman–Crippen MR) is 89.0 cm³/mol. The van der Waals surface area contributed by atoms with Crippen molar-refractivity contribution in [1.82, 2.24) is 0 Å². The third kappa shape index (κ3) is 11.8. The van der Waals surface area contributed by atoms with E-state index in [1.165, 1.54) is 38.5 Å². The number of hydrogen-bond acceptors (Lipinski definition) is 2. The lowest BCUT2D eigenvalue weighted by Gasteiger charge is -2.19. The summed E-state index contributed by atoms with van der Waals surface area (Å²) in [5, 5.41) is -1.83. The fourth-order valence-corrected chi connectivity index (χ4v) is 5.13. The van der Waals surface area contributed by atoms with Gasteiger partial charge in [-0.2, -0.15) is 0 Å². The van der Waals surface area contributed by atoms with Crippen molar-refractivity contribution >= 4 is 15.2 Å². The van der Waals surface area contributed by atoms with E-state index in [0.29, 0.717) is 6.42 Å². The number of unbranched alkanes of at least 4 members (excludes halogenated alkanes) is 10. The molecule has 0 amide bonds. The Bertz CT molecular complexity index is 340. The van der Waals surface area contributed by atoms with Gasteiger partial charge in [0.1, 0.15) is 0 Å². The minimum atomic E-state index is -4.74. The summed E-state index contributed by atoms with van der Waals surface area (Å²) in [4.78, 5) is 36.0. The fourth-order valence-electron chi connectivity index (χ4n) is 2.52. The van der Waals surface area contributed by atoms with Crippen LogP contribution in [0, 0.1) is 0 Å². The molecular formula is C14H32O6P2. The van der Waals surface area contributed by atoms with Crippen LogP contribution < -0.4 is 0 Å². The predicted octanol–water partition coefficient (Wildman–Crippen LogP) is 4.37. The van der Waals surface area contributed by atoms with Gasteiger partial charge in [0.25, 0.3) is 0 Å². The molecule has 0 aromatic carbocycles. The molecular weight excluding hydrogens is 326 g/mol. The van der Waals surface area contributed by atoms with E-state index in [-0.39, 0.29) is 6.42 Å². The maximum atomic E-state index is 11.1. The van der Waals surface area contributed by atoms with Crippen molar-refractivity contribution in [1.29, 1.82) is 0 Å². The van der Waals surface area contributed by atoms with Crippen LogP contribution in [0.2, 0.25) is 0 Å². The van der Waals surface area contributed by atoms with Gasteiger partial charge < -0.3 is 19.6 Å². The molecule has 0 bridgehead atoms. The lowest BCUT2D eigenvalue weighted by molar-refractivity contribution is 0.333. The zero-order valence-electron chi connectivity index (χ0n) is 13.6. The summed E-state index contributed by atoms with van der Waals surface area (Å²) in [6, 6.07) is 0. The molecule has 0 aromatic heterocycles. The quantitative estimate of drug-likeness (QED) is 0.271. The molecule has 6 nitrogen and oxygen atoms in total. The molecule has 8 heteroatoms. The van der Waals surface area contributed by atoms with Crippen molar-refractivity contribution in [2.45, 2.75) is 89.4 Å². The molecule has 0 saturated carbocycles. The highest BCUT2D eigenvalue weighted by atomic mass is 31.2. The smallest absolute Gasteiger partial charge is 0.324 e. The van der Waals surface area contributed by atoms with E-state index in [1.807, 2.05) is 0 Å². The highest BCUT2D eigenvalue weighted by Gasteiger charge is 2.42. The Morgan fingerprint density at radius 1 is 0.636 bits per heavy atom. The standard InChI is InChI=1S/C14H32O6P2/c1-2-3-4-5-6-7-8-9-10-11-12-13-14(21(15,16)17)22(18,19)20/h14H,2-13H2,1H3,(H2,15,16,17)(H2,18,19,20). The molecule has 22 heavy (non-hydrogen) atoms. The van der Waals surface area contributed by atoms with Gasteiger partial charge in [0.05, 0.1) is 0 Å². The molecule has 0 heterocycles. The highest BCUT2D eigenvalue weighted by molar-refractivity contribution is 7.70. The van der Waals surface area contributed by atoms with E-state index in [0.717, 1.165) is 25.7 Å². The normalized spacial score (nSPS) is 13.0. The van der Waals surface area contributed by atoms with Crippen LogP contribution in [-0.4, -0.2) is 25.0 Å². The maximum Gasteiger partial charge on any atom is 0.340 e. The Balaban J connectivity index is 3.63. The van der Waals surface area contributed by atoms with Crippen LogP contribution in [0.3, 0.4) is 0 Å². The van der Waals surface area contributed by atoms with Crippen molar-refractivity contribution < 1.29 is 28.7 Å². The minimum absolute atomic E-state index is 0.119. The van der Waals surface area contributed by atoms with E-state index in [2.05, 4.69) is 6.92 Å². The second-order valence-corrected chi connectivity index (χ2v) is 9.99. The van der Waals surface area contributed by atoms with Crippen molar-refractivity contribution in [3.8, 4) is 0 Å². The van der Waals surface area contributed by atoms with Crippen LogP contribution in [0.5, 0.6) is 0 Å². The average Bonchev–Trinajstić information content (AvgIpc) is 2.37. The molecule has 0 saturated heterocycles. The monoisotopic (exact) mass is 358 g/mol. The molecule has 0 atom stereocenters. The van der Waals surface area contributed by atoms with Crippen molar-refractivity contribution in [3.05, 3.63) is 0 Å². The first-order valence-corrected chi connectivity index (χ1v) is 11.7. The summed E-state index contributed by atoms with van der Waals surface area (Å²) < 4.78 is 22.2. The molecule has 0 fully saturated rings. The summed E-state index contributed by atoms with van der Waals surface area (Å²) >= 11 is 0. The van der Waals surface area contributed by atoms with E-state index in [4.69, 9.17) is 19.6 Å². The molecule has 0 radical (unpaired) electrons. The van der Waals surface area contributed by atoms with Gasteiger partial charge in [-0.05, 0) is 6.42 Å². The third-order valence-corrected chi connectivity index (χ3v) is 7.72. The van der Waals surface area contributed by atoms with Crippen molar-refractivity contribution in [2.75, 3.05) is 0 Å². The van der Waals surface area contributed by atoms with Crippen molar-refractivity contribution in [2.24, 2.45) is 0 Å². The fraction of sp³-hybridized carbons (Fsp3) is 1.00. The lowest BCUT2D eigenvalue weighted by atomic mass is 10.1. The van der Waals surface area contributed by atoms with Gasteiger partial charge in [0, 0.05) is 0 Å². The third-order valence-electron chi connectivity index (χ3n) is 3.84. The molecule has 134 valence electrons. The van der Waals surface area contributed by atoms with Crippen LogP contribution in [0.1, 0.15) is 84.0 Å². The number of hydrogen-bond donors (Lipinski definition) is 4. The van der Waals surface area contributed by atoms with E-state index in [9.17, 15) is 9.13 Å². The molecule has 0 spiro atoms. The first-order chi connectivity index (χ1) is 10.2. The number of rotatable bonds is 14. The second kappa shape index (κ2) is 11.8. The zero-order valence-corrected chi connectivity index (χ0v) is 15.4. The summed E-state index contributed by atoms with van der Waals surface area (Å²) in [7, 11) is -9.48. The van der Waals surface area contributed by atoms with Gasteiger partial charge in [-0.25, -0.2) is 0 Å².